The normalized spacial score (nSPS) is 12.7. The van der Waals surface area contributed by atoms with Crippen molar-refractivity contribution in [3.8, 4) is 0 Å². The van der Waals surface area contributed by atoms with Gasteiger partial charge in [0.1, 0.15) is 0 Å². The summed E-state index contributed by atoms with van der Waals surface area (Å²) in [6.07, 6.45) is 2.51. The van der Waals surface area contributed by atoms with Crippen LogP contribution in [0.2, 0.25) is 0 Å². The van der Waals surface area contributed by atoms with Crippen LogP contribution in [0.4, 0.5) is 0 Å². The van der Waals surface area contributed by atoms with E-state index in [2.05, 4.69) is 15.4 Å². The highest BCUT2D eigenvalue weighted by atomic mass is 16.1. The maximum Gasteiger partial charge on any atom is 0.253 e. The fourth-order valence-corrected chi connectivity index (χ4v) is 1.84. The number of amides is 1. The van der Waals surface area contributed by atoms with Gasteiger partial charge in [-0.15, -0.1) is 0 Å². The van der Waals surface area contributed by atoms with E-state index < -0.39 is 0 Å². The fraction of sp³-hybridized carbons (Fsp3) is 0.462. The minimum absolute atomic E-state index is 0.0815. The predicted octanol–water partition coefficient (Wildman–Crippen LogP) is 1.81. The summed E-state index contributed by atoms with van der Waals surface area (Å²) in [5, 5.41) is 8.15. The van der Waals surface area contributed by atoms with Crippen LogP contribution >= 0.6 is 0 Å². The van der Waals surface area contributed by atoms with Crippen LogP contribution in [0, 0.1) is 6.92 Å². The standard InChI is InChI=1S/C13H18N4O/c1-5-8(2)15-13(18)10-6-11-9(3)16-17(4)12(11)14-7-10/h6-8H,5H2,1-4H3,(H,15,18). The van der Waals surface area contributed by atoms with Crippen LogP contribution in [0.1, 0.15) is 36.3 Å². The maximum absolute atomic E-state index is 12.0. The molecule has 0 aliphatic heterocycles. The Kier molecular flexibility index (Phi) is 3.32. The van der Waals surface area contributed by atoms with Crippen molar-refractivity contribution in [1.82, 2.24) is 20.1 Å². The predicted molar refractivity (Wildman–Crippen MR) is 70.5 cm³/mol. The Hall–Kier alpha value is -1.91. The molecule has 0 fully saturated rings. The van der Waals surface area contributed by atoms with Crippen LogP contribution in [0.15, 0.2) is 12.3 Å². The molecule has 1 unspecified atom stereocenters. The van der Waals surface area contributed by atoms with E-state index in [0.717, 1.165) is 23.1 Å². The number of aromatic nitrogens is 3. The van der Waals surface area contributed by atoms with Crippen molar-refractivity contribution in [2.24, 2.45) is 7.05 Å². The molecule has 0 spiro atoms. The lowest BCUT2D eigenvalue weighted by atomic mass is 10.2. The molecule has 96 valence electrons. The van der Waals surface area contributed by atoms with Gasteiger partial charge in [-0.25, -0.2) is 4.98 Å². The topological polar surface area (TPSA) is 59.8 Å². The van der Waals surface area contributed by atoms with Gasteiger partial charge in [-0.05, 0) is 26.3 Å². The third kappa shape index (κ3) is 2.20. The first-order valence-electron chi connectivity index (χ1n) is 6.13. The lowest BCUT2D eigenvalue weighted by Gasteiger charge is -2.11. The highest BCUT2D eigenvalue weighted by Gasteiger charge is 2.12. The van der Waals surface area contributed by atoms with E-state index in [1.165, 1.54) is 0 Å². The third-order valence-electron chi connectivity index (χ3n) is 3.12. The Morgan fingerprint density at radius 3 is 2.94 bits per heavy atom. The summed E-state index contributed by atoms with van der Waals surface area (Å²) in [6, 6.07) is 2.02. The molecule has 0 aliphatic carbocycles. The molecule has 5 nitrogen and oxygen atoms in total. The molecule has 1 atom stereocenters. The first kappa shape index (κ1) is 12.5. The van der Waals surface area contributed by atoms with E-state index in [-0.39, 0.29) is 11.9 Å². The minimum Gasteiger partial charge on any atom is -0.350 e. The van der Waals surface area contributed by atoms with Crippen molar-refractivity contribution in [3.05, 3.63) is 23.5 Å². The second-order valence-electron chi connectivity index (χ2n) is 4.59. The van der Waals surface area contributed by atoms with Crippen molar-refractivity contribution in [2.45, 2.75) is 33.2 Å². The van der Waals surface area contributed by atoms with Gasteiger partial charge in [0.25, 0.3) is 5.91 Å². The van der Waals surface area contributed by atoms with Crippen molar-refractivity contribution in [2.75, 3.05) is 0 Å². The van der Waals surface area contributed by atoms with E-state index >= 15 is 0 Å². The molecule has 0 bridgehead atoms. The molecule has 2 rings (SSSR count). The summed E-state index contributed by atoms with van der Waals surface area (Å²) in [6.45, 7) is 5.94. The van der Waals surface area contributed by atoms with Crippen molar-refractivity contribution in [3.63, 3.8) is 0 Å². The lowest BCUT2D eigenvalue weighted by molar-refractivity contribution is 0.0939. The average molecular weight is 246 g/mol. The van der Waals surface area contributed by atoms with Gasteiger partial charge in [0.2, 0.25) is 0 Å². The maximum atomic E-state index is 12.0. The second-order valence-corrected chi connectivity index (χ2v) is 4.59. The molecule has 5 heteroatoms. The highest BCUT2D eigenvalue weighted by Crippen LogP contribution is 2.16. The molecule has 1 N–H and O–H groups in total. The van der Waals surface area contributed by atoms with Crippen LogP contribution in [-0.2, 0) is 7.05 Å². The first-order valence-corrected chi connectivity index (χ1v) is 6.13. The zero-order valence-electron chi connectivity index (χ0n) is 11.2. The molecular weight excluding hydrogens is 228 g/mol. The number of carbonyl (C=O) groups excluding carboxylic acids is 1. The summed E-state index contributed by atoms with van der Waals surface area (Å²) in [4.78, 5) is 16.3. The number of rotatable bonds is 3. The molecule has 18 heavy (non-hydrogen) atoms. The van der Waals surface area contributed by atoms with Gasteiger partial charge in [0.15, 0.2) is 5.65 Å². The summed E-state index contributed by atoms with van der Waals surface area (Å²) in [5.41, 5.74) is 2.27. The molecule has 2 aromatic heterocycles. The first-order chi connectivity index (χ1) is 8.52. The average Bonchev–Trinajstić information content (AvgIpc) is 2.64. The largest absolute Gasteiger partial charge is 0.350 e. The Labute approximate surface area is 106 Å². The number of hydrogen-bond acceptors (Lipinski definition) is 3. The number of hydrogen-bond donors (Lipinski definition) is 1. The monoisotopic (exact) mass is 246 g/mol. The Morgan fingerprint density at radius 1 is 1.56 bits per heavy atom. The molecule has 2 aromatic rings. The number of aryl methyl sites for hydroxylation is 2. The molecule has 0 aromatic carbocycles. The number of carbonyl (C=O) groups is 1. The Bertz CT molecular complexity index is 588. The second kappa shape index (κ2) is 4.76. The van der Waals surface area contributed by atoms with Gasteiger partial charge in [0, 0.05) is 24.7 Å². The molecule has 1 amide bonds. The smallest absolute Gasteiger partial charge is 0.253 e. The van der Waals surface area contributed by atoms with E-state index in [0.29, 0.717) is 5.56 Å². The highest BCUT2D eigenvalue weighted by molar-refractivity contribution is 5.97. The number of nitrogens with one attached hydrogen (secondary N) is 1. The van der Waals surface area contributed by atoms with Crippen molar-refractivity contribution < 1.29 is 4.79 Å². The van der Waals surface area contributed by atoms with E-state index in [4.69, 9.17) is 0 Å². The summed E-state index contributed by atoms with van der Waals surface area (Å²) in [5.74, 6) is -0.0815. The fourth-order valence-electron chi connectivity index (χ4n) is 1.84. The molecule has 0 saturated carbocycles. The molecular formula is C13H18N4O. The lowest BCUT2D eigenvalue weighted by Crippen LogP contribution is -2.31. The Balaban J connectivity index is 2.35. The summed E-state index contributed by atoms with van der Waals surface area (Å²) >= 11 is 0. The number of fused-ring (bicyclic) bond motifs is 1. The van der Waals surface area contributed by atoms with Gasteiger partial charge in [0.05, 0.1) is 11.3 Å². The van der Waals surface area contributed by atoms with Crippen LogP contribution < -0.4 is 5.32 Å². The van der Waals surface area contributed by atoms with Crippen molar-refractivity contribution in [1.29, 1.82) is 0 Å². The van der Waals surface area contributed by atoms with Crippen LogP contribution in [0.5, 0.6) is 0 Å². The van der Waals surface area contributed by atoms with Gasteiger partial charge in [-0.1, -0.05) is 6.92 Å². The van der Waals surface area contributed by atoms with Gasteiger partial charge in [-0.3, -0.25) is 9.48 Å². The number of nitrogens with zero attached hydrogens (tertiary/aromatic N) is 3. The van der Waals surface area contributed by atoms with Gasteiger partial charge >= 0.3 is 0 Å². The Morgan fingerprint density at radius 2 is 2.28 bits per heavy atom. The van der Waals surface area contributed by atoms with Gasteiger partial charge < -0.3 is 5.32 Å². The minimum atomic E-state index is -0.0815. The zero-order valence-corrected chi connectivity index (χ0v) is 11.2. The van der Waals surface area contributed by atoms with Gasteiger partial charge in [-0.2, -0.15) is 5.10 Å². The molecule has 0 aliphatic rings. The molecule has 2 heterocycles. The quantitative estimate of drug-likeness (QED) is 0.898. The molecule has 0 radical (unpaired) electrons. The third-order valence-corrected chi connectivity index (χ3v) is 3.12. The number of pyridine rings is 1. The van der Waals surface area contributed by atoms with E-state index in [1.54, 1.807) is 10.9 Å². The zero-order chi connectivity index (χ0) is 13.3. The summed E-state index contributed by atoms with van der Waals surface area (Å²) in [7, 11) is 1.85. The SMILES string of the molecule is CCC(C)NC(=O)c1cnc2c(c1)c(C)nn2C. The van der Waals surface area contributed by atoms with Crippen molar-refractivity contribution >= 4 is 16.9 Å². The molecule has 0 saturated heterocycles. The van der Waals surface area contributed by atoms with E-state index in [1.807, 2.05) is 33.9 Å². The van der Waals surface area contributed by atoms with E-state index in [9.17, 15) is 4.79 Å². The van der Waals surface area contributed by atoms with Crippen LogP contribution in [0.3, 0.4) is 0 Å². The van der Waals surface area contributed by atoms with Crippen LogP contribution in [-0.4, -0.2) is 26.7 Å². The van der Waals surface area contributed by atoms with Crippen LogP contribution in [0.25, 0.3) is 11.0 Å². The summed E-state index contributed by atoms with van der Waals surface area (Å²) < 4.78 is 1.72.